The Bertz CT molecular complexity index is 1480. The van der Waals surface area contributed by atoms with Gasteiger partial charge in [0.2, 0.25) is 20.0 Å². The smallest absolute Gasteiger partial charge is 0.279 e. The molecule has 0 radical (unpaired) electrons. The molecule has 2 N–H and O–H groups in total. The molecule has 1 aliphatic heterocycles. The van der Waals surface area contributed by atoms with Gasteiger partial charge < -0.3 is 4.57 Å². The first kappa shape index (κ1) is 23.8. The summed E-state index contributed by atoms with van der Waals surface area (Å²) in [5.41, 5.74) is 1.02. The Morgan fingerprint density at radius 1 is 1.03 bits per heavy atom. The van der Waals surface area contributed by atoms with Crippen LogP contribution in [0.15, 0.2) is 57.2 Å². The molecular weight excluding hydrogens is 484 g/mol. The Kier molecular flexibility index (Phi) is 6.56. The Balaban J connectivity index is 1.70. The van der Waals surface area contributed by atoms with Gasteiger partial charge >= 0.3 is 0 Å². The number of thiazole rings is 1. The van der Waals surface area contributed by atoms with Gasteiger partial charge in [0.25, 0.3) is 5.91 Å². The zero-order chi connectivity index (χ0) is 23.8. The third-order valence-electron chi connectivity index (χ3n) is 5.43. The van der Waals surface area contributed by atoms with Crippen molar-refractivity contribution in [3.63, 3.8) is 0 Å². The van der Waals surface area contributed by atoms with Gasteiger partial charge in [-0.05, 0) is 61.7 Å². The third-order valence-corrected chi connectivity index (χ3v) is 9.30. The normalized spacial score (nSPS) is 16.0. The topological polar surface area (TPSA) is 132 Å². The molecular formula is C21H24N4O5S3. The van der Waals surface area contributed by atoms with Gasteiger partial charge in [0.15, 0.2) is 4.80 Å². The summed E-state index contributed by atoms with van der Waals surface area (Å²) < 4.78 is 52.7. The van der Waals surface area contributed by atoms with Crippen molar-refractivity contribution in [2.24, 2.45) is 10.1 Å². The maximum Gasteiger partial charge on any atom is 0.279 e. The average Bonchev–Trinajstić information content (AvgIpc) is 3.42. The van der Waals surface area contributed by atoms with Gasteiger partial charge in [-0.15, -0.1) is 0 Å². The number of carbonyl (C=O) groups excluding carboxylic acids is 1. The predicted octanol–water partition coefficient (Wildman–Crippen LogP) is 2.29. The molecule has 12 heteroatoms. The second kappa shape index (κ2) is 9.11. The van der Waals surface area contributed by atoms with Crippen LogP contribution < -0.4 is 9.94 Å². The molecule has 9 nitrogen and oxygen atoms in total. The number of rotatable bonds is 6. The molecule has 0 aliphatic carbocycles. The highest BCUT2D eigenvalue weighted by molar-refractivity contribution is 7.89. The van der Waals surface area contributed by atoms with Crippen LogP contribution in [0.2, 0.25) is 0 Å². The zero-order valence-corrected chi connectivity index (χ0v) is 20.4. The number of hydrogen-bond acceptors (Lipinski definition) is 6. The fourth-order valence-electron chi connectivity index (χ4n) is 3.75. The van der Waals surface area contributed by atoms with Crippen LogP contribution >= 0.6 is 11.3 Å². The van der Waals surface area contributed by atoms with E-state index in [1.807, 2.05) is 11.5 Å². The van der Waals surface area contributed by atoms with Gasteiger partial charge in [-0.3, -0.25) is 4.79 Å². The van der Waals surface area contributed by atoms with Crippen LogP contribution in [-0.2, 0) is 26.6 Å². The summed E-state index contributed by atoms with van der Waals surface area (Å²) in [7, 11) is -7.41. The van der Waals surface area contributed by atoms with E-state index in [1.165, 1.54) is 52.0 Å². The summed E-state index contributed by atoms with van der Waals surface area (Å²) in [4.78, 5) is 17.7. The number of sulfonamides is 2. The number of amides is 1. The molecule has 1 fully saturated rings. The first-order valence-electron chi connectivity index (χ1n) is 10.5. The van der Waals surface area contributed by atoms with Crippen molar-refractivity contribution in [2.45, 2.75) is 42.5 Å². The minimum Gasteiger partial charge on any atom is -0.316 e. The second-order valence-electron chi connectivity index (χ2n) is 7.76. The first-order valence-corrected chi connectivity index (χ1v) is 14.3. The quantitative estimate of drug-likeness (QED) is 0.546. The number of fused-ring (bicyclic) bond motifs is 1. The number of aryl methyl sites for hydroxylation is 1. The molecule has 33 heavy (non-hydrogen) atoms. The summed E-state index contributed by atoms with van der Waals surface area (Å²) in [5, 5.41) is 5.24. The number of nitrogens with zero attached hydrogens (tertiary/aromatic N) is 3. The van der Waals surface area contributed by atoms with E-state index in [2.05, 4.69) is 4.99 Å². The van der Waals surface area contributed by atoms with Gasteiger partial charge in [-0.2, -0.15) is 9.30 Å². The van der Waals surface area contributed by atoms with Crippen LogP contribution in [-0.4, -0.2) is 44.7 Å². The lowest BCUT2D eigenvalue weighted by atomic mass is 10.2. The standard InChI is InChI=1S/C21H24N4O5S3/c1-2-11-25-18-10-9-17(32(22,27)28)14-19(18)31-21(25)23-20(26)15-5-7-16(8-6-15)33(29,30)24-12-3-4-13-24/h5-10,14H,2-4,11-13H2,1H3,(H2,22,27,28). The van der Waals surface area contributed by atoms with Gasteiger partial charge in [-0.25, -0.2) is 22.0 Å². The number of nitrogens with two attached hydrogens (primary N) is 1. The number of benzene rings is 2. The number of aromatic nitrogens is 1. The lowest BCUT2D eigenvalue weighted by Gasteiger charge is -2.15. The molecule has 3 aromatic rings. The molecule has 1 saturated heterocycles. The second-order valence-corrected chi connectivity index (χ2v) is 12.3. The molecule has 1 aromatic heterocycles. The Labute approximate surface area is 196 Å². The maximum absolute atomic E-state index is 12.8. The minimum atomic E-state index is -3.85. The van der Waals surface area contributed by atoms with Crippen molar-refractivity contribution in [3.05, 3.63) is 52.8 Å². The van der Waals surface area contributed by atoms with Crippen molar-refractivity contribution in [1.29, 1.82) is 0 Å². The fourth-order valence-corrected chi connectivity index (χ4v) is 6.98. The third kappa shape index (κ3) is 4.80. The van der Waals surface area contributed by atoms with E-state index in [0.717, 1.165) is 24.8 Å². The fraction of sp³-hybridized carbons (Fsp3) is 0.333. The molecule has 0 atom stereocenters. The van der Waals surface area contributed by atoms with Gasteiger partial charge in [-0.1, -0.05) is 18.3 Å². The van der Waals surface area contributed by atoms with Crippen molar-refractivity contribution >= 4 is 47.5 Å². The van der Waals surface area contributed by atoms with E-state index < -0.39 is 26.0 Å². The lowest BCUT2D eigenvalue weighted by Crippen LogP contribution is -2.27. The van der Waals surface area contributed by atoms with Crippen LogP contribution in [0.1, 0.15) is 36.5 Å². The Morgan fingerprint density at radius 3 is 2.27 bits per heavy atom. The monoisotopic (exact) mass is 508 g/mol. The van der Waals surface area contributed by atoms with Gasteiger partial charge in [0.1, 0.15) is 0 Å². The van der Waals surface area contributed by atoms with Crippen molar-refractivity contribution < 1.29 is 21.6 Å². The summed E-state index contributed by atoms with van der Waals surface area (Å²) in [5.74, 6) is -0.511. The minimum absolute atomic E-state index is 0.00687. The van der Waals surface area contributed by atoms with Gasteiger partial charge in [0, 0.05) is 25.2 Å². The van der Waals surface area contributed by atoms with E-state index in [9.17, 15) is 21.6 Å². The average molecular weight is 509 g/mol. The molecule has 176 valence electrons. The lowest BCUT2D eigenvalue weighted by molar-refractivity contribution is 0.0997. The number of carbonyl (C=O) groups is 1. The van der Waals surface area contributed by atoms with Crippen molar-refractivity contribution in [3.8, 4) is 0 Å². The highest BCUT2D eigenvalue weighted by atomic mass is 32.2. The molecule has 0 unspecified atom stereocenters. The highest BCUT2D eigenvalue weighted by Crippen LogP contribution is 2.23. The highest BCUT2D eigenvalue weighted by Gasteiger charge is 2.27. The molecule has 2 aromatic carbocycles. The van der Waals surface area contributed by atoms with Crippen molar-refractivity contribution in [1.82, 2.24) is 8.87 Å². The van der Waals surface area contributed by atoms with E-state index in [0.29, 0.717) is 29.1 Å². The SMILES string of the molecule is CCCn1c(=NC(=O)c2ccc(S(=O)(=O)N3CCCC3)cc2)sc2cc(S(N)(=O)=O)ccc21. The first-order chi connectivity index (χ1) is 15.6. The summed E-state index contributed by atoms with van der Waals surface area (Å²) in [6.45, 7) is 3.60. The Hall–Kier alpha value is -2.38. The zero-order valence-electron chi connectivity index (χ0n) is 18.0. The summed E-state index contributed by atoms with van der Waals surface area (Å²) in [6.07, 6.45) is 2.48. The number of hydrogen-bond donors (Lipinski definition) is 1. The van der Waals surface area contributed by atoms with Gasteiger partial charge in [0.05, 0.1) is 20.0 Å². The largest absolute Gasteiger partial charge is 0.316 e. The number of primary sulfonamides is 1. The van der Waals surface area contributed by atoms with Crippen LogP contribution in [0.25, 0.3) is 10.2 Å². The van der Waals surface area contributed by atoms with Crippen LogP contribution in [0.5, 0.6) is 0 Å². The van der Waals surface area contributed by atoms with Crippen LogP contribution in [0.4, 0.5) is 0 Å². The predicted molar refractivity (Wildman–Crippen MR) is 126 cm³/mol. The molecule has 4 rings (SSSR count). The Morgan fingerprint density at radius 2 is 1.67 bits per heavy atom. The van der Waals surface area contributed by atoms with Crippen molar-refractivity contribution in [2.75, 3.05) is 13.1 Å². The van der Waals surface area contributed by atoms with E-state index in [-0.39, 0.29) is 15.4 Å². The van der Waals surface area contributed by atoms with Crippen LogP contribution in [0.3, 0.4) is 0 Å². The molecule has 0 spiro atoms. The summed E-state index contributed by atoms with van der Waals surface area (Å²) >= 11 is 1.19. The summed E-state index contributed by atoms with van der Waals surface area (Å²) in [6, 6.07) is 10.4. The molecule has 0 bridgehead atoms. The van der Waals surface area contributed by atoms with E-state index >= 15 is 0 Å². The maximum atomic E-state index is 12.8. The molecule has 0 saturated carbocycles. The van der Waals surface area contributed by atoms with E-state index in [4.69, 9.17) is 5.14 Å². The molecule has 1 aliphatic rings. The van der Waals surface area contributed by atoms with E-state index in [1.54, 1.807) is 6.07 Å². The molecule has 1 amide bonds. The van der Waals surface area contributed by atoms with Crippen LogP contribution in [0, 0.1) is 0 Å². The molecule has 2 heterocycles.